The van der Waals surface area contributed by atoms with E-state index in [1.54, 1.807) is 10.9 Å². The SMILES string of the molecule is CCCn1nncc1C(=O)C(C)C1CNC1. The molecular formula is C11H18N4O. The fourth-order valence-corrected chi connectivity index (χ4v) is 1.94. The number of Topliss-reactive ketones (excluding diaryl/α,β-unsaturated/α-hetero) is 1. The Kier molecular flexibility index (Phi) is 3.33. The molecule has 5 nitrogen and oxygen atoms in total. The van der Waals surface area contributed by atoms with Crippen LogP contribution < -0.4 is 5.32 Å². The van der Waals surface area contributed by atoms with Crippen molar-refractivity contribution in [1.29, 1.82) is 0 Å². The zero-order valence-electron chi connectivity index (χ0n) is 9.81. The maximum absolute atomic E-state index is 12.2. The first-order chi connectivity index (χ1) is 7.74. The topological polar surface area (TPSA) is 59.8 Å². The van der Waals surface area contributed by atoms with Gasteiger partial charge in [0.05, 0.1) is 6.20 Å². The molecule has 0 radical (unpaired) electrons. The normalized spacial score (nSPS) is 18.1. The van der Waals surface area contributed by atoms with Gasteiger partial charge in [-0.2, -0.15) is 0 Å². The van der Waals surface area contributed by atoms with E-state index < -0.39 is 0 Å². The lowest BCUT2D eigenvalue weighted by atomic mass is 9.85. The second kappa shape index (κ2) is 4.74. The van der Waals surface area contributed by atoms with Crippen molar-refractivity contribution >= 4 is 5.78 Å². The quantitative estimate of drug-likeness (QED) is 0.746. The van der Waals surface area contributed by atoms with Gasteiger partial charge in [0.2, 0.25) is 0 Å². The van der Waals surface area contributed by atoms with E-state index in [2.05, 4.69) is 22.6 Å². The van der Waals surface area contributed by atoms with Crippen molar-refractivity contribution in [3.63, 3.8) is 0 Å². The van der Waals surface area contributed by atoms with Gasteiger partial charge in [0.15, 0.2) is 5.78 Å². The van der Waals surface area contributed by atoms with E-state index >= 15 is 0 Å². The number of nitrogens with one attached hydrogen (secondary N) is 1. The number of hydrogen-bond acceptors (Lipinski definition) is 4. The summed E-state index contributed by atoms with van der Waals surface area (Å²) in [7, 11) is 0. The highest BCUT2D eigenvalue weighted by Gasteiger charge is 2.30. The van der Waals surface area contributed by atoms with Crippen LogP contribution in [0.5, 0.6) is 0 Å². The first kappa shape index (κ1) is 11.3. The molecule has 0 saturated carbocycles. The predicted octanol–water partition coefficient (Wildman–Crippen LogP) is 0.726. The Balaban J connectivity index is 2.09. The molecule has 0 spiro atoms. The number of aromatic nitrogens is 3. The Labute approximate surface area is 95.2 Å². The molecule has 0 amide bonds. The molecule has 1 atom stereocenters. The van der Waals surface area contributed by atoms with Crippen molar-refractivity contribution in [3.8, 4) is 0 Å². The number of rotatable bonds is 5. The van der Waals surface area contributed by atoms with Crippen molar-refractivity contribution in [1.82, 2.24) is 20.3 Å². The zero-order chi connectivity index (χ0) is 11.5. The number of ketones is 1. The molecule has 0 aromatic carbocycles. The highest BCUT2D eigenvalue weighted by atomic mass is 16.1. The Bertz CT molecular complexity index is 370. The third-order valence-electron chi connectivity index (χ3n) is 3.24. The van der Waals surface area contributed by atoms with Crippen molar-refractivity contribution in [2.24, 2.45) is 11.8 Å². The highest BCUT2D eigenvalue weighted by molar-refractivity contribution is 5.96. The van der Waals surface area contributed by atoms with Crippen LogP contribution in [0.4, 0.5) is 0 Å². The minimum Gasteiger partial charge on any atom is -0.316 e. The van der Waals surface area contributed by atoms with Crippen LogP contribution in [0.1, 0.15) is 30.8 Å². The molecule has 1 aromatic rings. The minimum absolute atomic E-state index is 0.0651. The summed E-state index contributed by atoms with van der Waals surface area (Å²) < 4.78 is 1.71. The van der Waals surface area contributed by atoms with E-state index in [-0.39, 0.29) is 11.7 Å². The first-order valence-corrected chi connectivity index (χ1v) is 5.87. The van der Waals surface area contributed by atoms with Crippen LogP contribution in [0.25, 0.3) is 0 Å². The third kappa shape index (κ3) is 2.00. The lowest BCUT2D eigenvalue weighted by Crippen LogP contribution is -2.47. The Morgan fingerprint density at radius 3 is 3.00 bits per heavy atom. The minimum atomic E-state index is 0.0651. The molecule has 5 heteroatoms. The fourth-order valence-electron chi connectivity index (χ4n) is 1.94. The van der Waals surface area contributed by atoms with E-state index in [9.17, 15) is 4.79 Å². The molecule has 1 unspecified atom stereocenters. The average Bonchev–Trinajstić information content (AvgIpc) is 2.62. The maximum atomic E-state index is 12.2. The van der Waals surface area contributed by atoms with Crippen molar-refractivity contribution in [2.75, 3.05) is 13.1 Å². The van der Waals surface area contributed by atoms with Crippen molar-refractivity contribution < 1.29 is 4.79 Å². The van der Waals surface area contributed by atoms with Gasteiger partial charge in [0.25, 0.3) is 0 Å². The second-order valence-corrected chi connectivity index (χ2v) is 4.41. The Morgan fingerprint density at radius 2 is 2.44 bits per heavy atom. The van der Waals surface area contributed by atoms with Gasteiger partial charge >= 0.3 is 0 Å². The molecule has 0 aliphatic carbocycles. The van der Waals surface area contributed by atoms with Gasteiger partial charge in [-0.05, 0) is 25.4 Å². The second-order valence-electron chi connectivity index (χ2n) is 4.41. The molecule has 1 fully saturated rings. The highest BCUT2D eigenvalue weighted by Crippen LogP contribution is 2.20. The molecule has 1 aromatic heterocycles. The van der Waals surface area contributed by atoms with Crippen LogP contribution in [-0.4, -0.2) is 33.9 Å². The number of hydrogen-bond donors (Lipinski definition) is 1. The Morgan fingerprint density at radius 1 is 1.69 bits per heavy atom. The van der Waals surface area contributed by atoms with E-state index in [4.69, 9.17) is 0 Å². The average molecular weight is 222 g/mol. The summed E-state index contributed by atoms with van der Waals surface area (Å²) in [6, 6.07) is 0. The first-order valence-electron chi connectivity index (χ1n) is 5.87. The Hall–Kier alpha value is -1.23. The summed E-state index contributed by atoms with van der Waals surface area (Å²) in [5, 5.41) is 11.0. The molecule has 1 saturated heterocycles. The van der Waals surface area contributed by atoms with Crippen LogP contribution in [-0.2, 0) is 6.54 Å². The lowest BCUT2D eigenvalue weighted by molar-refractivity contribution is 0.0842. The molecule has 1 N–H and O–H groups in total. The van der Waals surface area contributed by atoms with Crippen molar-refractivity contribution in [2.45, 2.75) is 26.8 Å². The number of carbonyl (C=O) groups is 1. The molecule has 1 aliphatic heterocycles. The van der Waals surface area contributed by atoms with Gasteiger partial charge in [-0.15, -0.1) is 5.10 Å². The predicted molar refractivity (Wildman–Crippen MR) is 60.2 cm³/mol. The van der Waals surface area contributed by atoms with E-state index in [1.165, 1.54) is 0 Å². The molecule has 1 aliphatic rings. The molecule has 88 valence electrons. The summed E-state index contributed by atoms with van der Waals surface area (Å²) in [5.41, 5.74) is 0.654. The molecule has 2 rings (SSSR count). The summed E-state index contributed by atoms with van der Waals surface area (Å²) in [5.74, 6) is 0.706. The summed E-state index contributed by atoms with van der Waals surface area (Å²) in [6.45, 7) is 6.72. The molecular weight excluding hydrogens is 204 g/mol. The molecule has 16 heavy (non-hydrogen) atoms. The van der Waals surface area contributed by atoms with Gasteiger partial charge in [0, 0.05) is 12.5 Å². The van der Waals surface area contributed by atoms with E-state index in [0.29, 0.717) is 11.6 Å². The standard InChI is InChI=1S/C11H18N4O/c1-3-4-15-10(7-13-14-15)11(16)8(2)9-5-12-6-9/h7-9,12H,3-6H2,1-2H3. The van der Waals surface area contributed by atoms with E-state index in [0.717, 1.165) is 26.1 Å². The van der Waals surface area contributed by atoms with Crippen LogP contribution in [0.15, 0.2) is 6.20 Å². The zero-order valence-corrected chi connectivity index (χ0v) is 9.81. The lowest BCUT2D eigenvalue weighted by Gasteiger charge is -2.31. The molecule has 2 heterocycles. The van der Waals surface area contributed by atoms with Gasteiger partial charge in [-0.1, -0.05) is 19.1 Å². The van der Waals surface area contributed by atoms with Gasteiger partial charge in [-0.3, -0.25) is 4.79 Å². The molecule has 0 bridgehead atoms. The number of aryl methyl sites for hydroxylation is 1. The maximum Gasteiger partial charge on any atom is 0.185 e. The van der Waals surface area contributed by atoms with Gasteiger partial charge in [0.1, 0.15) is 5.69 Å². The van der Waals surface area contributed by atoms with Crippen LogP contribution in [0.3, 0.4) is 0 Å². The smallest absolute Gasteiger partial charge is 0.185 e. The number of nitrogens with zero attached hydrogens (tertiary/aromatic N) is 3. The summed E-state index contributed by atoms with van der Waals surface area (Å²) in [6.07, 6.45) is 2.55. The van der Waals surface area contributed by atoms with E-state index in [1.807, 2.05) is 6.92 Å². The summed E-state index contributed by atoms with van der Waals surface area (Å²) >= 11 is 0. The van der Waals surface area contributed by atoms with Crippen molar-refractivity contribution in [3.05, 3.63) is 11.9 Å². The van der Waals surface area contributed by atoms with Crippen LogP contribution in [0, 0.1) is 11.8 Å². The van der Waals surface area contributed by atoms with Gasteiger partial charge < -0.3 is 5.32 Å². The monoisotopic (exact) mass is 222 g/mol. The largest absolute Gasteiger partial charge is 0.316 e. The fraction of sp³-hybridized carbons (Fsp3) is 0.727. The number of carbonyl (C=O) groups excluding carboxylic acids is 1. The summed E-state index contributed by atoms with van der Waals surface area (Å²) in [4.78, 5) is 12.2. The third-order valence-corrected chi connectivity index (χ3v) is 3.24. The van der Waals surface area contributed by atoms with Crippen LogP contribution >= 0.6 is 0 Å². The van der Waals surface area contributed by atoms with Crippen LogP contribution in [0.2, 0.25) is 0 Å². The van der Waals surface area contributed by atoms with Gasteiger partial charge in [-0.25, -0.2) is 4.68 Å².